The number of aromatic amines is 1. The standard InChI is InChI=1S/C21H15F3N2O2S/c1-21(23,24)11-4-2-10(3-5-11)13-9-16-14(8-15(13)22)18(27)17-19(28)25-29-20(17)26(16)12-6-7-12/h2-5,8-9,12H,6-7H2,1H3,(H,25,28). The Morgan fingerprint density at radius 2 is 1.83 bits per heavy atom. The van der Waals surface area contributed by atoms with Crippen LogP contribution >= 0.6 is 11.5 Å². The van der Waals surface area contributed by atoms with Gasteiger partial charge >= 0.3 is 0 Å². The monoisotopic (exact) mass is 416 g/mol. The largest absolute Gasteiger partial charge is 0.328 e. The van der Waals surface area contributed by atoms with E-state index < -0.39 is 22.7 Å². The number of pyridine rings is 1. The molecular formula is C21H15F3N2O2S. The summed E-state index contributed by atoms with van der Waals surface area (Å²) in [5, 5.41) is 0.197. The van der Waals surface area contributed by atoms with Crippen molar-refractivity contribution in [2.75, 3.05) is 0 Å². The highest BCUT2D eigenvalue weighted by Crippen LogP contribution is 2.41. The topological polar surface area (TPSA) is 54.9 Å². The number of rotatable bonds is 3. The number of hydrogen-bond donors (Lipinski definition) is 1. The van der Waals surface area contributed by atoms with Crippen molar-refractivity contribution in [2.24, 2.45) is 0 Å². The quantitative estimate of drug-likeness (QED) is 0.502. The van der Waals surface area contributed by atoms with Crippen LogP contribution in [0.4, 0.5) is 13.2 Å². The molecule has 29 heavy (non-hydrogen) atoms. The van der Waals surface area contributed by atoms with Gasteiger partial charge in [-0.25, -0.2) is 13.2 Å². The van der Waals surface area contributed by atoms with E-state index in [-0.39, 0.29) is 27.9 Å². The van der Waals surface area contributed by atoms with E-state index in [1.165, 1.54) is 24.3 Å². The molecule has 0 radical (unpaired) electrons. The van der Waals surface area contributed by atoms with Gasteiger partial charge in [0.15, 0.2) is 0 Å². The molecular weight excluding hydrogens is 401 g/mol. The maximum atomic E-state index is 14.9. The Kier molecular flexibility index (Phi) is 3.80. The molecule has 8 heteroatoms. The first-order chi connectivity index (χ1) is 13.8. The maximum absolute atomic E-state index is 14.9. The van der Waals surface area contributed by atoms with Crippen LogP contribution in [0.1, 0.15) is 31.4 Å². The number of alkyl halides is 2. The van der Waals surface area contributed by atoms with Crippen molar-refractivity contribution < 1.29 is 13.2 Å². The first-order valence-corrected chi connectivity index (χ1v) is 9.95. The number of H-pyrrole nitrogens is 1. The summed E-state index contributed by atoms with van der Waals surface area (Å²) in [6.45, 7) is 0.806. The van der Waals surface area contributed by atoms with Gasteiger partial charge in [-0.15, -0.1) is 0 Å². The Morgan fingerprint density at radius 3 is 2.45 bits per heavy atom. The van der Waals surface area contributed by atoms with Gasteiger partial charge in [0.25, 0.3) is 11.5 Å². The minimum Gasteiger partial charge on any atom is -0.328 e. The Balaban J connectivity index is 1.80. The van der Waals surface area contributed by atoms with E-state index in [1.807, 2.05) is 4.57 Å². The number of nitrogens with one attached hydrogen (secondary N) is 1. The molecule has 148 valence electrons. The van der Waals surface area contributed by atoms with Crippen LogP contribution in [0.2, 0.25) is 0 Å². The zero-order valence-electron chi connectivity index (χ0n) is 15.3. The zero-order valence-corrected chi connectivity index (χ0v) is 16.1. The molecule has 0 atom stereocenters. The summed E-state index contributed by atoms with van der Waals surface area (Å²) in [4.78, 5) is 25.5. The molecule has 1 N–H and O–H groups in total. The van der Waals surface area contributed by atoms with Crippen molar-refractivity contribution in [3.8, 4) is 11.1 Å². The second kappa shape index (κ2) is 6.06. The molecule has 1 aliphatic carbocycles. The van der Waals surface area contributed by atoms with E-state index in [0.29, 0.717) is 15.9 Å². The molecule has 0 unspecified atom stereocenters. The average Bonchev–Trinajstić information content (AvgIpc) is 3.43. The third-order valence-electron chi connectivity index (χ3n) is 5.33. The van der Waals surface area contributed by atoms with Crippen LogP contribution in [0.5, 0.6) is 0 Å². The molecule has 4 nitrogen and oxygen atoms in total. The van der Waals surface area contributed by atoms with Crippen LogP contribution in [-0.4, -0.2) is 8.94 Å². The van der Waals surface area contributed by atoms with Gasteiger partial charge in [-0.2, -0.15) is 0 Å². The molecule has 0 bridgehead atoms. The molecule has 2 aromatic carbocycles. The van der Waals surface area contributed by atoms with Crippen molar-refractivity contribution in [1.82, 2.24) is 8.94 Å². The number of benzene rings is 2. The van der Waals surface area contributed by atoms with Gasteiger partial charge in [-0.05, 0) is 42.1 Å². The minimum absolute atomic E-state index is 0.0519. The van der Waals surface area contributed by atoms with Crippen LogP contribution in [0.15, 0.2) is 46.0 Å². The molecule has 0 amide bonds. The Labute approximate surface area is 166 Å². The second-order valence-electron chi connectivity index (χ2n) is 7.46. The normalized spacial score (nSPS) is 14.8. The maximum Gasteiger partial charge on any atom is 0.271 e. The Hall–Kier alpha value is -2.87. The molecule has 0 saturated heterocycles. The van der Waals surface area contributed by atoms with Crippen LogP contribution in [0.25, 0.3) is 32.2 Å². The van der Waals surface area contributed by atoms with E-state index in [2.05, 4.69) is 4.37 Å². The second-order valence-corrected chi connectivity index (χ2v) is 8.25. The summed E-state index contributed by atoms with van der Waals surface area (Å²) < 4.78 is 46.4. The van der Waals surface area contributed by atoms with Gasteiger partial charge < -0.3 is 4.57 Å². The molecule has 2 heterocycles. The molecule has 0 aliphatic heterocycles. The first kappa shape index (κ1) is 18.2. The molecule has 4 aromatic rings. The van der Waals surface area contributed by atoms with Gasteiger partial charge in [0.1, 0.15) is 16.0 Å². The van der Waals surface area contributed by atoms with E-state index in [0.717, 1.165) is 37.4 Å². The molecule has 0 spiro atoms. The van der Waals surface area contributed by atoms with Gasteiger partial charge in [-0.1, -0.05) is 24.3 Å². The van der Waals surface area contributed by atoms with Crippen molar-refractivity contribution in [3.63, 3.8) is 0 Å². The highest BCUT2D eigenvalue weighted by atomic mass is 32.1. The van der Waals surface area contributed by atoms with E-state index in [4.69, 9.17) is 0 Å². The summed E-state index contributed by atoms with van der Waals surface area (Å²) in [6.07, 6.45) is 1.82. The lowest BCUT2D eigenvalue weighted by Gasteiger charge is -2.14. The van der Waals surface area contributed by atoms with Crippen LogP contribution < -0.4 is 11.0 Å². The smallest absolute Gasteiger partial charge is 0.271 e. The molecule has 5 rings (SSSR count). The number of nitrogens with zero attached hydrogens (tertiary/aromatic N) is 1. The number of fused-ring (bicyclic) bond motifs is 2. The van der Waals surface area contributed by atoms with E-state index >= 15 is 0 Å². The third kappa shape index (κ3) is 2.81. The first-order valence-electron chi connectivity index (χ1n) is 9.13. The SMILES string of the molecule is CC(F)(F)c1ccc(-c2cc3c(cc2F)c(=O)c2c(=O)[nH]sc2n3C2CC2)cc1. The van der Waals surface area contributed by atoms with Gasteiger partial charge in [-0.3, -0.25) is 14.0 Å². The fourth-order valence-electron chi connectivity index (χ4n) is 3.71. The number of hydrogen-bond acceptors (Lipinski definition) is 3. The molecule has 2 aromatic heterocycles. The Bertz CT molecular complexity index is 1390. The fraction of sp³-hybridized carbons (Fsp3) is 0.238. The molecule has 1 saturated carbocycles. The summed E-state index contributed by atoms with van der Waals surface area (Å²) in [7, 11) is 0. The van der Waals surface area contributed by atoms with Crippen molar-refractivity contribution in [3.05, 3.63) is 68.4 Å². The minimum atomic E-state index is -2.98. The summed E-state index contributed by atoms with van der Waals surface area (Å²) in [6, 6.07) is 8.31. The third-order valence-corrected chi connectivity index (χ3v) is 6.21. The molecule has 1 fully saturated rings. The lowest BCUT2D eigenvalue weighted by molar-refractivity contribution is 0.0175. The highest BCUT2D eigenvalue weighted by Gasteiger charge is 2.29. The summed E-state index contributed by atoms with van der Waals surface area (Å²) in [5.74, 6) is -3.62. The average molecular weight is 416 g/mol. The molecule has 1 aliphatic rings. The van der Waals surface area contributed by atoms with E-state index in [1.54, 1.807) is 6.07 Å². The van der Waals surface area contributed by atoms with Crippen LogP contribution in [-0.2, 0) is 5.92 Å². The van der Waals surface area contributed by atoms with Gasteiger partial charge in [0, 0.05) is 29.5 Å². The van der Waals surface area contributed by atoms with E-state index in [9.17, 15) is 22.8 Å². The van der Waals surface area contributed by atoms with Gasteiger partial charge in [0.2, 0.25) is 5.43 Å². The van der Waals surface area contributed by atoms with Crippen LogP contribution in [0.3, 0.4) is 0 Å². The summed E-state index contributed by atoms with van der Waals surface area (Å²) >= 11 is 1.10. The van der Waals surface area contributed by atoms with Gasteiger partial charge in [0.05, 0.1) is 5.52 Å². The lowest BCUT2D eigenvalue weighted by Crippen LogP contribution is -2.15. The Morgan fingerprint density at radius 1 is 1.14 bits per heavy atom. The predicted octanol–water partition coefficient (Wildman–Crippen LogP) is 5.16. The van der Waals surface area contributed by atoms with Crippen molar-refractivity contribution in [1.29, 1.82) is 0 Å². The van der Waals surface area contributed by atoms with Crippen molar-refractivity contribution in [2.45, 2.75) is 31.7 Å². The fourth-order valence-corrected chi connectivity index (χ4v) is 4.63. The number of aromatic nitrogens is 2. The highest BCUT2D eigenvalue weighted by molar-refractivity contribution is 7.12. The van der Waals surface area contributed by atoms with Crippen molar-refractivity contribution >= 4 is 32.7 Å². The summed E-state index contributed by atoms with van der Waals surface area (Å²) in [5.41, 5.74) is 0.0828. The zero-order chi connectivity index (χ0) is 20.5. The predicted molar refractivity (Wildman–Crippen MR) is 107 cm³/mol. The lowest BCUT2D eigenvalue weighted by atomic mass is 9.99. The van der Waals surface area contributed by atoms with Crippen LogP contribution in [0, 0.1) is 5.82 Å². The number of halogens is 3.